The summed E-state index contributed by atoms with van der Waals surface area (Å²) in [6, 6.07) is 6.79. The fraction of sp³-hybridized carbons (Fsp3) is 0.500. The number of aromatic nitrogens is 4. The molecule has 0 radical (unpaired) electrons. The van der Waals surface area contributed by atoms with Crippen LogP contribution in [0, 0.1) is 0 Å². The van der Waals surface area contributed by atoms with Crippen molar-refractivity contribution < 1.29 is 41.8 Å². The number of alkyl halides is 2. The fourth-order valence-corrected chi connectivity index (χ4v) is 5.67. The molecule has 1 aromatic carbocycles. The number of rotatable bonds is 12. The highest BCUT2D eigenvalue weighted by atomic mass is 31.2. The number of carbonyl (C=O) groups excluding carboxylic acids is 1. The van der Waals surface area contributed by atoms with Gasteiger partial charge in [0, 0.05) is 7.05 Å². The van der Waals surface area contributed by atoms with Gasteiger partial charge in [-0.2, -0.15) is 15.1 Å². The van der Waals surface area contributed by atoms with Crippen molar-refractivity contribution in [3.63, 3.8) is 0 Å². The number of ether oxygens (including phenoxy) is 2. The summed E-state index contributed by atoms with van der Waals surface area (Å²) in [6.07, 6.45) is -4.66. The highest BCUT2D eigenvalue weighted by Gasteiger charge is 2.59. The lowest BCUT2D eigenvalue weighted by Gasteiger charge is -2.26. The van der Waals surface area contributed by atoms with Crippen molar-refractivity contribution in [2.75, 3.05) is 31.4 Å². The van der Waals surface area contributed by atoms with Gasteiger partial charge < -0.3 is 30.2 Å². The molecule has 1 aliphatic heterocycles. The molecule has 0 saturated carbocycles. The maximum atomic E-state index is 16.0. The topological polar surface area (TPSA) is 185 Å². The maximum Gasteiger partial charge on any atom is 0.459 e. The number of nitrogen functional groups attached to an aromatic ring is 1. The predicted molar refractivity (Wildman–Crippen MR) is 143 cm³/mol. The third-order valence-corrected chi connectivity index (χ3v) is 7.77. The maximum absolute atomic E-state index is 16.0. The van der Waals surface area contributed by atoms with Crippen molar-refractivity contribution >= 4 is 36.6 Å². The van der Waals surface area contributed by atoms with Crippen LogP contribution < -0.4 is 20.7 Å². The third-order valence-electron chi connectivity index (χ3n) is 6.13. The van der Waals surface area contributed by atoms with Gasteiger partial charge in [-0.05, 0) is 32.9 Å². The number of para-hydroxylation sites is 1. The second-order valence-electron chi connectivity index (χ2n) is 9.57. The lowest BCUT2D eigenvalue weighted by atomic mass is 9.97. The summed E-state index contributed by atoms with van der Waals surface area (Å²) in [4.78, 5) is 24.6. The first-order valence-electron chi connectivity index (χ1n) is 12.6. The number of aliphatic hydroxyl groups is 1. The quantitative estimate of drug-likeness (QED) is 0.176. The van der Waals surface area contributed by atoms with Gasteiger partial charge in [0.25, 0.3) is 0 Å². The molecule has 2 aromatic heterocycles. The molecule has 1 fully saturated rings. The third kappa shape index (κ3) is 6.41. The summed E-state index contributed by atoms with van der Waals surface area (Å²) >= 11 is 0. The van der Waals surface area contributed by atoms with Crippen molar-refractivity contribution in [3.05, 3.63) is 36.7 Å². The number of esters is 1. The van der Waals surface area contributed by atoms with E-state index in [0.29, 0.717) is 0 Å². The second kappa shape index (κ2) is 12.2. The number of carbonyl (C=O) groups is 1. The van der Waals surface area contributed by atoms with Crippen molar-refractivity contribution in [1.82, 2.24) is 24.6 Å². The van der Waals surface area contributed by atoms with Gasteiger partial charge in [-0.15, -0.1) is 0 Å². The summed E-state index contributed by atoms with van der Waals surface area (Å²) in [6.45, 7) is 2.31. The molecule has 6 atom stereocenters. The molecule has 4 rings (SSSR count). The Morgan fingerprint density at radius 1 is 1.29 bits per heavy atom. The fourth-order valence-electron chi connectivity index (χ4n) is 4.17. The first-order chi connectivity index (χ1) is 19.4. The summed E-state index contributed by atoms with van der Waals surface area (Å²) in [5, 5.41) is 16.1. The Balaban J connectivity index is 1.59. The zero-order valence-electron chi connectivity index (χ0n) is 22.7. The molecular weight excluding hydrogens is 567 g/mol. The molecule has 14 nitrogen and oxygen atoms in total. The molecule has 1 saturated heterocycles. The molecule has 3 heterocycles. The Bertz CT molecular complexity index is 1420. The smallest absolute Gasteiger partial charge is 0.459 e. The lowest BCUT2D eigenvalue weighted by molar-refractivity contribution is -0.149. The first-order valence-corrected chi connectivity index (χ1v) is 14.2. The van der Waals surface area contributed by atoms with Gasteiger partial charge in [-0.3, -0.25) is 13.9 Å². The van der Waals surface area contributed by atoms with Gasteiger partial charge in [0.2, 0.25) is 11.6 Å². The summed E-state index contributed by atoms with van der Waals surface area (Å²) < 4.78 is 67.0. The van der Waals surface area contributed by atoms with Crippen LogP contribution in [0.3, 0.4) is 0 Å². The number of nitrogens with two attached hydrogens (primary N) is 1. The number of aliphatic hydroxyl groups excluding tert-OH is 1. The summed E-state index contributed by atoms with van der Waals surface area (Å²) in [5.74, 6) is -0.525. The average Bonchev–Trinajstić information content (AvgIpc) is 3.45. The monoisotopic (exact) mass is 599 g/mol. The Morgan fingerprint density at radius 2 is 2.00 bits per heavy atom. The highest BCUT2D eigenvalue weighted by Crippen LogP contribution is 2.48. The molecule has 41 heavy (non-hydrogen) atoms. The summed E-state index contributed by atoms with van der Waals surface area (Å²) in [5.41, 5.74) is 3.01. The number of nitrogens with one attached hydrogen (secondary N) is 2. The van der Waals surface area contributed by atoms with Gasteiger partial charge >= 0.3 is 13.7 Å². The largest absolute Gasteiger partial charge is 0.462 e. The number of halogens is 2. The molecule has 0 bridgehead atoms. The van der Waals surface area contributed by atoms with Crippen molar-refractivity contribution in [2.45, 2.75) is 57.0 Å². The van der Waals surface area contributed by atoms with Crippen molar-refractivity contribution in [1.29, 1.82) is 0 Å². The van der Waals surface area contributed by atoms with E-state index >= 15 is 4.39 Å². The number of nitrogens with zero attached hydrogens (tertiary/aromatic N) is 4. The molecule has 0 aliphatic carbocycles. The van der Waals surface area contributed by atoms with E-state index in [4.69, 9.17) is 24.3 Å². The van der Waals surface area contributed by atoms with Gasteiger partial charge in [-0.25, -0.2) is 18.3 Å². The zero-order valence-corrected chi connectivity index (χ0v) is 23.6. The van der Waals surface area contributed by atoms with Crippen molar-refractivity contribution in [3.8, 4) is 5.75 Å². The Labute approximate surface area is 234 Å². The van der Waals surface area contributed by atoms with E-state index in [-0.39, 0.29) is 28.7 Å². The Morgan fingerprint density at radius 3 is 2.63 bits per heavy atom. The first kappa shape index (κ1) is 30.5. The molecule has 17 heteroatoms. The van der Waals surface area contributed by atoms with E-state index in [1.54, 1.807) is 39.1 Å². The lowest BCUT2D eigenvalue weighted by Crippen LogP contribution is -2.45. The predicted octanol–water partition coefficient (Wildman–Crippen LogP) is 2.52. The number of hydrogen-bond donors (Lipinski definition) is 4. The van der Waals surface area contributed by atoms with Crippen LogP contribution in [0.1, 0.15) is 27.0 Å². The van der Waals surface area contributed by atoms with E-state index in [1.165, 1.54) is 19.1 Å². The van der Waals surface area contributed by atoms with Gasteiger partial charge in [0.15, 0.2) is 23.2 Å². The number of anilines is 2. The number of imidazole rings is 1. The SMILES string of the molecule is CNc1nc(N)nc2c1ncn2[C@@H]1O[C@H](CO[P@@](=O)(N[C@@H](C)C(=O)OC(C)C)Oc2ccccc2)[C@@H](O)[C@]1(F)CF. The van der Waals surface area contributed by atoms with Crippen LogP contribution in [-0.2, 0) is 23.4 Å². The van der Waals surface area contributed by atoms with Crippen LogP contribution >= 0.6 is 7.75 Å². The molecule has 0 amide bonds. The standard InChI is InChI=1S/C24H32F2N7O7P/c1-13(2)38-21(35)14(3)32-41(36,40-15-8-6-5-7-9-15)37-10-16-18(34)24(26,11-25)22(39-16)33-12-29-17-19(28-4)30-23(27)31-20(17)33/h5-9,12-14,16,18,22,34H,10-11H2,1-4H3,(H,32,36)(H3,27,28,30,31)/t14-,16+,18+,22+,24+,41-/m0/s1. The van der Waals surface area contributed by atoms with E-state index < -0.39 is 63.2 Å². The highest BCUT2D eigenvalue weighted by molar-refractivity contribution is 7.52. The van der Waals surface area contributed by atoms with E-state index in [9.17, 15) is 18.9 Å². The van der Waals surface area contributed by atoms with Crippen LogP contribution in [0.15, 0.2) is 36.7 Å². The Kier molecular flexibility index (Phi) is 9.09. The number of hydrogen-bond acceptors (Lipinski definition) is 12. The van der Waals surface area contributed by atoms with Crippen LogP contribution in [0.4, 0.5) is 20.5 Å². The van der Waals surface area contributed by atoms with Crippen LogP contribution in [0.5, 0.6) is 5.75 Å². The van der Waals surface area contributed by atoms with Gasteiger partial charge in [0.1, 0.15) is 30.7 Å². The van der Waals surface area contributed by atoms with E-state index in [1.807, 2.05) is 0 Å². The normalized spacial score (nSPS) is 24.7. The Hall–Kier alpha value is -3.43. The van der Waals surface area contributed by atoms with Gasteiger partial charge in [-0.1, -0.05) is 18.2 Å². The van der Waals surface area contributed by atoms with Crippen LogP contribution in [0.2, 0.25) is 0 Å². The van der Waals surface area contributed by atoms with E-state index in [0.717, 1.165) is 10.9 Å². The molecule has 1 aliphatic rings. The minimum Gasteiger partial charge on any atom is -0.462 e. The molecule has 0 unspecified atom stereocenters. The average molecular weight is 600 g/mol. The minimum atomic E-state index is -4.38. The van der Waals surface area contributed by atoms with Crippen LogP contribution in [0.25, 0.3) is 11.2 Å². The molecule has 0 spiro atoms. The van der Waals surface area contributed by atoms with Gasteiger partial charge in [0.05, 0.1) is 19.0 Å². The zero-order chi connectivity index (χ0) is 29.9. The molecule has 224 valence electrons. The van der Waals surface area contributed by atoms with Crippen LogP contribution in [-0.4, -0.2) is 80.9 Å². The number of fused-ring (bicyclic) bond motifs is 1. The summed E-state index contributed by atoms with van der Waals surface area (Å²) in [7, 11) is -2.82. The minimum absolute atomic E-state index is 0.0216. The van der Waals surface area contributed by atoms with Crippen molar-refractivity contribution in [2.24, 2.45) is 0 Å². The second-order valence-corrected chi connectivity index (χ2v) is 11.3. The molecule has 3 aromatic rings. The molecular formula is C24H32F2N7O7P. The van der Waals surface area contributed by atoms with E-state index in [2.05, 4.69) is 25.4 Å². The molecule has 5 N–H and O–H groups in total. The number of benzene rings is 1.